The Morgan fingerprint density at radius 3 is 1.94 bits per heavy atom. The van der Waals surface area contributed by atoms with Gasteiger partial charge in [-0.1, -0.05) is 74.8 Å². The first-order valence-corrected chi connectivity index (χ1v) is 12.3. The molecular weight excluding hydrogens is 567 g/mol. The Morgan fingerprint density at radius 2 is 1.32 bits per heavy atom. The van der Waals surface area contributed by atoms with Gasteiger partial charge in [-0.25, -0.2) is 0 Å². The van der Waals surface area contributed by atoms with E-state index < -0.39 is 0 Å². The zero-order valence-electron chi connectivity index (χ0n) is 17.8. The summed E-state index contributed by atoms with van der Waals surface area (Å²) in [5.74, 6) is 1.65. The van der Waals surface area contributed by atoms with Crippen molar-refractivity contribution in [1.82, 2.24) is 0 Å². The van der Waals surface area contributed by atoms with Crippen LogP contribution in [0, 0.1) is 0 Å². The summed E-state index contributed by atoms with van der Waals surface area (Å²) in [5.41, 5.74) is 0.867. The number of halogens is 6. The van der Waals surface area contributed by atoms with Crippen molar-refractivity contribution in [3.05, 3.63) is 73.1 Å². The number of benzene rings is 2. The van der Waals surface area contributed by atoms with Crippen molar-refractivity contribution in [3.8, 4) is 17.2 Å². The van der Waals surface area contributed by atoms with E-state index >= 15 is 0 Å². The summed E-state index contributed by atoms with van der Waals surface area (Å²) in [6.07, 6.45) is 6.13. The van der Waals surface area contributed by atoms with E-state index in [1.165, 1.54) is 12.2 Å². The standard InChI is InChI=1S/C23H21Cl6NO4/c24-19-13-18(32-11-7-21(26)27)14-20(25)23(19)33-10-2-1-9-31-17-5-3-16(4-6-17)15-30-34-12-8-22(28)29/h3-8,13-15H,1-2,9-12H2/b30-15+. The van der Waals surface area contributed by atoms with E-state index in [2.05, 4.69) is 5.16 Å². The molecule has 0 aliphatic carbocycles. The molecule has 0 N–H and O–H groups in total. The van der Waals surface area contributed by atoms with E-state index in [0.29, 0.717) is 34.8 Å². The van der Waals surface area contributed by atoms with Crippen LogP contribution >= 0.6 is 69.6 Å². The molecule has 2 rings (SSSR count). The molecule has 0 aromatic heterocycles. The van der Waals surface area contributed by atoms with Crippen LogP contribution in [-0.4, -0.2) is 32.6 Å². The topological polar surface area (TPSA) is 49.3 Å². The van der Waals surface area contributed by atoms with Crippen LogP contribution < -0.4 is 14.2 Å². The fourth-order valence-corrected chi connectivity index (χ4v) is 3.25. The van der Waals surface area contributed by atoms with E-state index in [1.807, 2.05) is 24.3 Å². The van der Waals surface area contributed by atoms with Gasteiger partial charge in [0.05, 0.1) is 29.5 Å². The second kappa shape index (κ2) is 16.2. The van der Waals surface area contributed by atoms with Crippen molar-refractivity contribution < 1.29 is 19.0 Å². The maximum absolute atomic E-state index is 6.26. The molecule has 0 aliphatic rings. The summed E-state index contributed by atoms with van der Waals surface area (Å²) >= 11 is 34.6. The van der Waals surface area contributed by atoms with Crippen molar-refractivity contribution in [2.45, 2.75) is 12.8 Å². The van der Waals surface area contributed by atoms with Gasteiger partial charge in [-0.3, -0.25) is 0 Å². The summed E-state index contributed by atoms with van der Waals surface area (Å²) < 4.78 is 17.2. The first-order chi connectivity index (χ1) is 16.3. The number of hydrogen-bond donors (Lipinski definition) is 0. The monoisotopic (exact) mass is 585 g/mol. The highest BCUT2D eigenvalue weighted by molar-refractivity contribution is 6.56. The zero-order valence-corrected chi connectivity index (χ0v) is 22.3. The van der Waals surface area contributed by atoms with Gasteiger partial charge in [-0.05, 0) is 54.8 Å². The molecule has 2 aromatic carbocycles. The highest BCUT2D eigenvalue weighted by Gasteiger charge is 2.10. The van der Waals surface area contributed by atoms with Crippen LogP contribution in [0.25, 0.3) is 0 Å². The third kappa shape index (κ3) is 11.8. The molecule has 0 heterocycles. The number of hydrogen-bond acceptors (Lipinski definition) is 5. The van der Waals surface area contributed by atoms with Crippen LogP contribution in [0.2, 0.25) is 10.0 Å². The van der Waals surface area contributed by atoms with Crippen molar-refractivity contribution in [2.75, 3.05) is 26.4 Å². The SMILES string of the molecule is ClC(Cl)=CCO/N=C/c1ccc(OCCCCOc2c(Cl)cc(OCC=C(Cl)Cl)cc2Cl)cc1. The molecule has 34 heavy (non-hydrogen) atoms. The lowest BCUT2D eigenvalue weighted by Crippen LogP contribution is -2.03. The fraction of sp³-hybridized carbons (Fsp3) is 0.261. The Hall–Kier alpha value is -1.47. The third-order valence-electron chi connectivity index (χ3n) is 3.98. The summed E-state index contributed by atoms with van der Waals surface area (Å²) in [6.45, 7) is 1.37. The van der Waals surface area contributed by atoms with Crippen LogP contribution in [0.4, 0.5) is 0 Å². The number of unbranched alkanes of at least 4 members (excludes halogenated alkanes) is 1. The minimum Gasteiger partial charge on any atom is -0.494 e. The number of nitrogens with zero attached hydrogens (tertiary/aromatic N) is 1. The summed E-state index contributed by atoms with van der Waals surface area (Å²) in [7, 11) is 0. The molecule has 0 bridgehead atoms. The predicted molar refractivity (Wildman–Crippen MR) is 142 cm³/mol. The van der Waals surface area contributed by atoms with Crippen molar-refractivity contribution in [2.24, 2.45) is 5.16 Å². The minimum absolute atomic E-state index is 0.122. The van der Waals surface area contributed by atoms with Gasteiger partial charge in [0.1, 0.15) is 33.7 Å². The Bertz CT molecular complexity index is 964. The Kier molecular flexibility index (Phi) is 13.7. The lowest BCUT2D eigenvalue weighted by atomic mass is 10.2. The van der Waals surface area contributed by atoms with E-state index in [4.69, 9.17) is 88.7 Å². The molecule has 5 nitrogen and oxygen atoms in total. The molecule has 0 aliphatic heterocycles. The van der Waals surface area contributed by atoms with Crippen molar-refractivity contribution in [1.29, 1.82) is 0 Å². The van der Waals surface area contributed by atoms with E-state index in [9.17, 15) is 0 Å². The average Bonchev–Trinajstić information content (AvgIpc) is 2.78. The van der Waals surface area contributed by atoms with Gasteiger partial charge in [0.2, 0.25) is 0 Å². The fourth-order valence-electron chi connectivity index (χ4n) is 2.42. The van der Waals surface area contributed by atoms with E-state index in [0.717, 1.165) is 24.2 Å². The second-order valence-electron chi connectivity index (χ2n) is 6.52. The number of rotatable bonds is 14. The molecule has 0 unspecified atom stereocenters. The second-order valence-corrected chi connectivity index (χ2v) is 9.35. The van der Waals surface area contributed by atoms with Gasteiger partial charge in [0.25, 0.3) is 0 Å². The number of ether oxygens (including phenoxy) is 3. The summed E-state index contributed by atoms with van der Waals surface area (Å²) in [4.78, 5) is 5.00. The Labute approximate surface area is 228 Å². The highest BCUT2D eigenvalue weighted by Crippen LogP contribution is 2.37. The Balaban J connectivity index is 1.67. The largest absolute Gasteiger partial charge is 0.494 e. The van der Waals surface area contributed by atoms with Crippen LogP contribution in [0.5, 0.6) is 17.2 Å². The van der Waals surface area contributed by atoms with Crippen molar-refractivity contribution >= 4 is 75.8 Å². The predicted octanol–water partition coefficient (Wildman–Crippen LogP) is 8.60. The molecule has 11 heteroatoms. The van der Waals surface area contributed by atoms with E-state index in [-0.39, 0.29) is 22.2 Å². The van der Waals surface area contributed by atoms with Crippen LogP contribution in [0.3, 0.4) is 0 Å². The van der Waals surface area contributed by atoms with E-state index in [1.54, 1.807) is 18.3 Å². The zero-order chi connectivity index (χ0) is 24.8. The molecule has 2 aromatic rings. The minimum atomic E-state index is 0.122. The number of oxime groups is 1. The molecule has 0 saturated heterocycles. The third-order valence-corrected chi connectivity index (χ3v) is 5.16. The molecular formula is C23H21Cl6NO4. The summed E-state index contributed by atoms with van der Waals surface area (Å²) in [5, 5.41) is 4.53. The van der Waals surface area contributed by atoms with Gasteiger partial charge in [0.15, 0.2) is 5.75 Å². The van der Waals surface area contributed by atoms with Crippen molar-refractivity contribution in [3.63, 3.8) is 0 Å². The van der Waals surface area contributed by atoms with Crippen LogP contribution in [0.1, 0.15) is 18.4 Å². The van der Waals surface area contributed by atoms with Gasteiger partial charge >= 0.3 is 0 Å². The highest BCUT2D eigenvalue weighted by atomic mass is 35.5. The maximum Gasteiger partial charge on any atom is 0.156 e. The Morgan fingerprint density at radius 1 is 0.735 bits per heavy atom. The lowest BCUT2D eigenvalue weighted by molar-refractivity contribution is 0.176. The van der Waals surface area contributed by atoms with Crippen LogP contribution in [-0.2, 0) is 4.84 Å². The van der Waals surface area contributed by atoms with Gasteiger partial charge < -0.3 is 19.0 Å². The smallest absolute Gasteiger partial charge is 0.156 e. The molecule has 0 radical (unpaired) electrons. The molecule has 0 atom stereocenters. The quantitative estimate of drug-likeness (QED) is 0.126. The maximum atomic E-state index is 6.26. The van der Waals surface area contributed by atoms with Gasteiger partial charge in [-0.2, -0.15) is 0 Å². The molecule has 0 fully saturated rings. The van der Waals surface area contributed by atoms with Crippen LogP contribution in [0.15, 0.2) is 62.7 Å². The normalized spacial score (nSPS) is 10.6. The van der Waals surface area contributed by atoms with Gasteiger partial charge in [-0.15, -0.1) is 0 Å². The molecule has 0 amide bonds. The first-order valence-electron chi connectivity index (χ1n) is 10.0. The molecule has 184 valence electrons. The molecule has 0 spiro atoms. The first kappa shape index (κ1) is 28.8. The lowest BCUT2D eigenvalue weighted by Gasteiger charge is -2.12. The molecule has 0 saturated carbocycles. The van der Waals surface area contributed by atoms with Gasteiger partial charge in [0, 0.05) is 12.1 Å². The average molecular weight is 588 g/mol. The summed E-state index contributed by atoms with van der Waals surface area (Å²) in [6, 6.07) is 10.7.